The number of aliphatic hydroxyl groups excluding tert-OH is 2. The van der Waals surface area contributed by atoms with Gasteiger partial charge >= 0.3 is 5.97 Å². The number of hydrogen-bond acceptors (Lipinski definition) is 10. The molecule has 2 aliphatic heterocycles. The molecule has 4 N–H and O–H groups in total. The second-order valence-electron chi connectivity index (χ2n) is 13.8. The fourth-order valence-electron chi connectivity index (χ4n) is 10.0. The Morgan fingerprint density at radius 2 is 1.93 bits per heavy atom. The molecule has 0 spiro atoms. The van der Waals surface area contributed by atoms with Crippen molar-refractivity contribution in [3.8, 4) is 6.07 Å². The van der Waals surface area contributed by atoms with Gasteiger partial charge in [0.15, 0.2) is 6.29 Å². The van der Waals surface area contributed by atoms with Crippen molar-refractivity contribution < 1.29 is 39.4 Å². The molecule has 6 aliphatic rings. The summed E-state index contributed by atoms with van der Waals surface area (Å²) in [5.74, 6) is -0.282. The molecule has 41 heavy (non-hydrogen) atoms. The van der Waals surface area contributed by atoms with Gasteiger partial charge in [0, 0.05) is 36.0 Å². The maximum absolute atomic E-state index is 12.5. The first-order chi connectivity index (χ1) is 19.5. The van der Waals surface area contributed by atoms with Crippen molar-refractivity contribution in [3.05, 3.63) is 11.6 Å². The number of aliphatic hydroxyl groups is 4. The van der Waals surface area contributed by atoms with E-state index in [-0.39, 0.29) is 42.8 Å². The minimum Gasteiger partial charge on any atom is -0.458 e. The van der Waals surface area contributed by atoms with Crippen LogP contribution in [0.3, 0.4) is 0 Å². The van der Waals surface area contributed by atoms with E-state index < -0.39 is 46.6 Å². The van der Waals surface area contributed by atoms with Crippen LogP contribution in [0, 0.1) is 39.9 Å². The monoisotopic (exact) mass is 572 g/mol. The van der Waals surface area contributed by atoms with Crippen LogP contribution in [-0.2, 0) is 19.0 Å². The summed E-state index contributed by atoms with van der Waals surface area (Å²) in [6, 6.07) is 2.09. The van der Waals surface area contributed by atoms with E-state index >= 15 is 0 Å². The van der Waals surface area contributed by atoms with Crippen LogP contribution in [0.1, 0.15) is 78.1 Å². The maximum Gasteiger partial charge on any atom is 0.331 e. The van der Waals surface area contributed by atoms with Crippen LogP contribution in [0.15, 0.2) is 16.6 Å². The van der Waals surface area contributed by atoms with Crippen molar-refractivity contribution in [1.82, 2.24) is 0 Å². The van der Waals surface area contributed by atoms with E-state index in [4.69, 9.17) is 14.2 Å². The van der Waals surface area contributed by atoms with Gasteiger partial charge in [-0.25, -0.2) is 4.79 Å². The molecule has 5 fully saturated rings. The van der Waals surface area contributed by atoms with Gasteiger partial charge in [0.05, 0.1) is 35.6 Å². The molecule has 2 heterocycles. The Morgan fingerprint density at radius 1 is 1.15 bits per heavy atom. The van der Waals surface area contributed by atoms with Crippen molar-refractivity contribution in [1.29, 1.82) is 5.26 Å². The highest BCUT2D eigenvalue weighted by Gasteiger charge is 2.71. The van der Waals surface area contributed by atoms with Crippen LogP contribution in [-0.4, -0.2) is 87.7 Å². The molecule has 4 saturated carbocycles. The first-order valence-electron chi connectivity index (χ1n) is 15.3. The van der Waals surface area contributed by atoms with Crippen LogP contribution in [0.5, 0.6) is 0 Å². The highest BCUT2D eigenvalue weighted by Crippen LogP contribution is 2.70. The minimum atomic E-state index is -1.13. The molecule has 0 aromatic heterocycles. The van der Waals surface area contributed by atoms with Gasteiger partial charge < -0.3 is 34.6 Å². The van der Waals surface area contributed by atoms with Crippen LogP contribution in [0.4, 0.5) is 0 Å². The standard InChI is InChI=1S/C31H44N2O8/c1-18-27(36)24(34)14-26(40-18)41-20-3-8-29(17-33-12-11-32)22-4-7-28(2)21(19-13-25(35)39-16-19)6-10-31(28,38)23(22)5-9-30(29,37)15-20/h13,17-18,20-24,26-27,34,36-38H,3-10,12,14-16H2,1-2H3/t18-,20-,21-,22+,23-,24-,26+,27-,28-,29+,30+,31-/m1/s1. The van der Waals surface area contributed by atoms with Crippen molar-refractivity contribution >= 4 is 12.2 Å². The summed E-state index contributed by atoms with van der Waals surface area (Å²) in [6.45, 7) is 4.19. The molecular formula is C31H44N2O8. The highest BCUT2D eigenvalue weighted by molar-refractivity contribution is 5.85. The molecule has 0 unspecified atom stereocenters. The van der Waals surface area contributed by atoms with Gasteiger partial charge in [0.2, 0.25) is 0 Å². The lowest BCUT2D eigenvalue weighted by Gasteiger charge is -2.66. The molecule has 6 rings (SSSR count). The Kier molecular flexibility index (Phi) is 7.40. The van der Waals surface area contributed by atoms with Crippen molar-refractivity contribution in [3.63, 3.8) is 0 Å². The second kappa shape index (κ2) is 10.4. The molecule has 12 atom stereocenters. The largest absolute Gasteiger partial charge is 0.458 e. The summed E-state index contributed by atoms with van der Waals surface area (Å²) in [7, 11) is 0. The third kappa shape index (κ3) is 4.42. The third-order valence-electron chi connectivity index (χ3n) is 12.1. The lowest BCUT2D eigenvalue weighted by atomic mass is 9.41. The van der Waals surface area contributed by atoms with Crippen molar-refractivity contribution in [2.24, 2.45) is 33.6 Å². The quantitative estimate of drug-likeness (QED) is 0.167. The Bertz CT molecular complexity index is 1140. The number of carbonyl (C=O) groups is 1. The Morgan fingerprint density at radius 3 is 2.63 bits per heavy atom. The third-order valence-corrected chi connectivity index (χ3v) is 12.1. The van der Waals surface area contributed by atoms with Crippen LogP contribution in [0.25, 0.3) is 0 Å². The number of ether oxygens (including phenoxy) is 3. The smallest absolute Gasteiger partial charge is 0.331 e. The molecule has 0 amide bonds. The molecule has 10 nitrogen and oxygen atoms in total. The Balaban J connectivity index is 1.26. The SMILES string of the molecule is C[C@H]1O[C@@H](O[C@@H]2CC[C@]3(C=NCC#N)[C@H]4CC[C@]5(C)[C@@H](C6=CC(=O)OC6)CC[C@@]5(O)[C@@H]4CC[C@]3(O)C2)C[C@@H](O)[C@@H]1O. The predicted octanol–water partition coefficient (Wildman–Crippen LogP) is 2.17. The van der Waals surface area contributed by atoms with E-state index in [2.05, 4.69) is 18.0 Å². The second-order valence-corrected chi connectivity index (χ2v) is 13.8. The molecule has 0 bridgehead atoms. The fraction of sp³-hybridized carbons (Fsp3) is 0.839. The molecule has 226 valence electrons. The number of hydrogen-bond donors (Lipinski definition) is 4. The molecule has 0 aromatic rings. The normalized spacial score (nSPS) is 51.3. The topological polar surface area (TPSA) is 162 Å². The summed E-state index contributed by atoms with van der Waals surface area (Å²) >= 11 is 0. The summed E-state index contributed by atoms with van der Waals surface area (Å²) in [6.07, 6.45) is 5.97. The van der Waals surface area contributed by atoms with Gasteiger partial charge in [-0.05, 0) is 81.6 Å². The van der Waals surface area contributed by atoms with Gasteiger partial charge in [0.25, 0.3) is 0 Å². The Hall–Kier alpha value is -1.87. The average molecular weight is 573 g/mol. The molecule has 0 aromatic carbocycles. The van der Waals surface area contributed by atoms with Gasteiger partial charge in [-0.2, -0.15) is 5.26 Å². The molecule has 1 saturated heterocycles. The summed E-state index contributed by atoms with van der Waals surface area (Å²) < 4.78 is 17.3. The van der Waals surface area contributed by atoms with E-state index in [0.29, 0.717) is 45.1 Å². The van der Waals surface area contributed by atoms with E-state index in [1.165, 1.54) is 0 Å². The van der Waals surface area contributed by atoms with Crippen molar-refractivity contribution in [2.45, 2.75) is 120 Å². The number of cyclic esters (lactones) is 1. The average Bonchev–Trinajstić information content (AvgIpc) is 3.47. The van der Waals surface area contributed by atoms with Crippen molar-refractivity contribution in [2.75, 3.05) is 13.2 Å². The molecule has 10 heteroatoms. The first kappa shape index (κ1) is 29.2. The van der Waals surface area contributed by atoms with Gasteiger partial charge in [0.1, 0.15) is 19.3 Å². The van der Waals surface area contributed by atoms with Crippen LogP contribution in [0.2, 0.25) is 0 Å². The predicted molar refractivity (Wildman–Crippen MR) is 146 cm³/mol. The molecule has 0 radical (unpaired) electrons. The first-order valence-corrected chi connectivity index (χ1v) is 15.3. The van der Waals surface area contributed by atoms with E-state index in [9.17, 15) is 30.5 Å². The lowest BCUT2D eigenvalue weighted by Crippen LogP contribution is -2.69. The number of aliphatic imine (C=N–C) groups is 1. The van der Waals surface area contributed by atoms with Crippen LogP contribution >= 0.6 is 0 Å². The zero-order valence-electron chi connectivity index (χ0n) is 24.1. The maximum atomic E-state index is 12.5. The number of rotatable bonds is 5. The van der Waals surface area contributed by atoms with E-state index in [1.54, 1.807) is 13.0 Å². The minimum absolute atomic E-state index is 0.00933. The number of fused-ring (bicyclic) bond motifs is 5. The number of carbonyl (C=O) groups excluding carboxylic acids is 1. The summed E-state index contributed by atoms with van der Waals surface area (Å²) in [5.41, 5.74) is -2.19. The summed E-state index contributed by atoms with van der Waals surface area (Å²) in [5, 5.41) is 54.5. The number of nitrogens with zero attached hydrogens (tertiary/aromatic N) is 2. The molecular weight excluding hydrogens is 528 g/mol. The molecule has 4 aliphatic carbocycles. The van der Waals surface area contributed by atoms with E-state index in [1.807, 2.05) is 6.21 Å². The number of esters is 1. The van der Waals surface area contributed by atoms with Gasteiger partial charge in [-0.15, -0.1) is 0 Å². The zero-order chi connectivity index (χ0) is 29.2. The van der Waals surface area contributed by atoms with E-state index in [0.717, 1.165) is 24.8 Å². The number of nitriles is 1. The van der Waals surface area contributed by atoms with Gasteiger partial charge in [-0.1, -0.05) is 6.92 Å². The zero-order valence-corrected chi connectivity index (χ0v) is 24.1. The van der Waals surface area contributed by atoms with Crippen LogP contribution < -0.4 is 0 Å². The summed E-state index contributed by atoms with van der Waals surface area (Å²) in [4.78, 5) is 16.4. The Labute approximate surface area is 241 Å². The highest BCUT2D eigenvalue weighted by atomic mass is 16.7. The fourth-order valence-corrected chi connectivity index (χ4v) is 10.0. The van der Waals surface area contributed by atoms with Gasteiger partial charge in [-0.3, -0.25) is 4.99 Å². The lowest BCUT2D eigenvalue weighted by molar-refractivity contribution is -0.282.